The van der Waals surface area contributed by atoms with Crippen molar-refractivity contribution in [3.8, 4) is 34.5 Å². The fourth-order valence-corrected chi connectivity index (χ4v) is 7.58. The molecule has 9 N–H and O–H groups in total. The van der Waals surface area contributed by atoms with Crippen molar-refractivity contribution in [3.63, 3.8) is 0 Å². The molecule has 0 aromatic heterocycles. The Hall–Kier alpha value is -10.3. The Labute approximate surface area is 508 Å². The maximum Gasteiger partial charge on any atom is 0.310 e. The van der Waals surface area contributed by atoms with Gasteiger partial charge in [-0.15, -0.1) is 0 Å². The van der Waals surface area contributed by atoms with E-state index in [0.717, 1.165) is 6.07 Å². The summed E-state index contributed by atoms with van der Waals surface area (Å²) in [5.74, 6) is -1.93. The summed E-state index contributed by atoms with van der Waals surface area (Å²) in [5, 5.41) is 42.9. The van der Waals surface area contributed by atoms with Crippen LogP contribution in [0.25, 0.3) is 0 Å². The molecule has 0 radical (unpaired) electrons. The molecule has 0 aliphatic carbocycles. The Bertz CT molecular complexity index is 3490. The first-order valence-corrected chi connectivity index (χ1v) is 28.1. The number of nitrogens with two attached hydrogens (primary N) is 2. The number of ether oxygens (including phenoxy) is 6. The first kappa shape index (κ1) is 68.5. The van der Waals surface area contributed by atoms with E-state index in [1.54, 1.807) is 0 Å². The summed E-state index contributed by atoms with van der Waals surface area (Å²) in [6.45, 7) is 18.4. The average Bonchev–Trinajstić information content (AvgIpc) is 1.93. The minimum absolute atomic E-state index is 0.00852. The number of nitro benzene ring substituents is 2. The van der Waals surface area contributed by atoms with E-state index >= 15 is 0 Å². The number of nitrogens with zero attached hydrogens (tertiary/aromatic N) is 2. The molecule has 25 nitrogen and oxygen atoms in total. The Morgan fingerprint density at radius 3 is 0.943 bits per heavy atom. The molecule has 0 saturated carbocycles. The molecule has 25 heteroatoms. The zero-order chi connectivity index (χ0) is 64.8. The van der Waals surface area contributed by atoms with Crippen LogP contribution < -0.4 is 61.2 Å². The van der Waals surface area contributed by atoms with E-state index in [1.807, 2.05) is 62.3 Å². The lowest BCUT2D eigenvalue weighted by atomic mass is 10.1. The fraction of sp³-hybridized carbons (Fsp3) is 0.333. The molecule has 6 aromatic carbocycles. The number of aliphatic hydroxyl groups excluding tert-OH is 1. The van der Waals surface area contributed by atoms with E-state index in [1.165, 1.54) is 103 Å². The number of nitro groups is 2. The molecule has 0 bridgehead atoms. The van der Waals surface area contributed by atoms with Crippen molar-refractivity contribution in [2.45, 2.75) is 68.7 Å². The predicted molar refractivity (Wildman–Crippen MR) is 331 cm³/mol. The Morgan fingerprint density at radius 2 is 0.659 bits per heavy atom. The van der Waals surface area contributed by atoms with E-state index in [-0.39, 0.29) is 129 Å². The highest BCUT2D eigenvalue weighted by atomic mass is 16.6. The monoisotopic (exact) mass is 1210 g/mol. The van der Waals surface area contributed by atoms with Gasteiger partial charge in [0.05, 0.1) is 72.2 Å². The Kier molecular flexibility index (Phi) is 25.6. The van der Waals surface area contributed by atoms with Crippen LogP contribution in [0.2, 0.25) is 0 Å². The fourth-order valence-electron chi connectivity index (χ4n) is 7.58. The summed E-state index contributed by atoms with van der Waals surface area (Å²) in [6, 6.07) is 25.5. The van der Waals surface area contributed by atoms with Crippen molar-refractivity contribution < 1.29 is 72.1 Å². The summed E-state index contributed by atoms with van der Waals surface area (Å²) in [6.07, 6.45) is 0.712. The van der Waals surface area contributed by atoms with Gasteiger partial charge in [-0.05, 0) is 115 Å². The Balaban J connectivity index is 0.000000321. The highest BCUT2D eigenvalue weighted by molar-refractivity contribution is 6.10. The van der Waals surface area contributed by atoms with Crippen LogP contribution >= 0.6 is 0 Å². The molecule has 0 saturated heterocycles. The number of aliphatic hydroxyl groups is 1. The van der Waals surface area contributed by atoms with Gasteiger partial charge in [0.15, 0.2) is 11.5 Å². The second-order valence-corrected chi connectivity index (χ2v) is 21.5. The number of hydrogen-bond acceptors (Lipinski definition) is 17. The maximum absolute atomic E-state index is 13.3. The van der Waals surface area contributed by atoms with Crippen LogP contribution in [0.1, 0.15) is 131 Å². The first-order chi connectivity index (χ1) is 41.8. The van der Waals surface area contributed by atoms with E-state index < -0.39 is 45.3 Å². The normalized spacial score (nSPS) is 10.8. The van der Waals surface area contributed by atoms with E-state index in [0.29, 0.717) is 49.1 Å². The highest BCUT2D eigenvalue weighted by Crippen LogP contribution is 2.35. The van der Waals surface area contributed by atoms with Gasteiger partial charge in [0.2, 0.25) is 11.8 Å². The molecule has 0 spiro atoms. The number of anilines is 4. The van der Waals surface area contributed by atoms with Gasteiger partial charge in [0, 0.05) is 57.6 Å². The minimum atomic E-state index is -0.651. The lowest BCUT2D eigenvalue weighted by molar-refractivity contribution is -0.386. The maximum atomic E-state index is 13.3. The third kappa shape index (κ3) is 20.5. The van der Waals surface area contributed by atoms with Crippen molar-refractivity contribution >= 4 is 69.6 Å². The second-order valence-electron chi connectivity index (χ2n) is 21.5. The molecular weight excluding hydrogens is 1140 g/mol. The number of rotatable bonds is 30. The number of hydrogen-bond donors (Lipinski definition) is 7. The first-order valence-electron chi connectivity index (χ1n) is 28.1. The molecule has 0 aliphatic rings. The number of primary amides is 2. The Morgan fingerprint density at radius 1 is 0.409 bits per heavy atom. The summed E-state index contributed by atoms with van der Waals surface area (Å²) in [7, 11) is 0. The van der Waals surface area contributed by atoms with Gasteiger partial charge in [0.1, 0.15) is 29.6 Å². The van der Waals surface area contributed by atoms with Gasteiger partial charge >= 0.3 is 11.4 Å². The predicted octanol–water partition coefficient (Wildman–Crippen LogP) is 10.7. The van der Waals surface area contributed by atoms with E-state index in [9.17, 15) is 49.0 Å². The number of carbonyl (C=O) groups is 6. The van der Waals surface area contributed by atoms with Gasteiger partial charge in [0.25, 0.3) is 23.6 Å². The summed E-state index contributed by atoms with van der Waals surface area (Å²) >= 11 is 0. The van der Waals surface area contributed by atoms with Crippen molar-refractivity contribution in [1.29, 1.82) is 0 Å². The molecule has 6 amide bonds. The zero-order valence-electron chi connectivity index (χ0n) is 50.4. The number of amides is 6. The zero-order valence-corrected chi connectivity index (χ0v) is 50.4. The lowest BCUT2D eigenvalue weighted by Crippen LogP contribution is -2.17. The largest absolute Gasteiger partial charge is 0.491 e. The van der Waals surface area contributed by atoms with Crippen LogP contribution in [-0.2, 0) is 0 Å². The van der Waals surface area contributed by atoms with Gasteiger partial charge in [-0.25, -0.2) is 0 Å². The van der Waals surface area contributed by atoms with Crippen molar-refractivity contribution in [1.82, 2.24) is 0 Å². The molecule has 6 aromatic rings. The van der Waals surface area contributed by atoms with Gasteiger partial charge in [-0.3, -0.25) is 49.0 Å². The molecular formula is C63H74N8O17. The number of benzene rings is 6. The second kappa shape index (κ2) is 32.8. The third-order valence-electron chi connectivity index (χ3n) is 11.9. The molecule has 468 valence electrons. The van der Waals surface area contributed by atoms with Crippen LogP contribution in [0.3, 0.4) is 0 Å². The molecule has 0 unspecified atom stereocenters. The highest BCUT2D eigenvalue weighted by Gasteiger charge is 2.24. The molecule has 0 heterocycles. The van der Waals surface area contributed by atoms with Crippen LogP contribution in [-0.4, -0.2) is 96.6 Å². The van der Waals surface area contributed by atoms with Crippen LogP contribution in [0, 0.1) is 43.9 Å². The summed E-state index contributed by atoms with van der Waals surface area (Å²) in [5.41, 5.74) is 12.6. The van der Waals surface area contributed by atoms with Crippen molar-refractivity contribution in [2.24, 2.45) is 35.1 Å². The smallest absolute Gasteiger partial charge is 0.310 e. The summed E-state index contributed by atoms with van der Waals surface area (Å²) in [4.78, 5) is 97.8. The van der Waals surface area contributed by atoms with Gasteiger partial charge in [-0.2, -0.15) is 0 Å². The van der Waals surface area contributed by atoms with Crippen LogP contribution in [0.15, 0.2) is 109 Å². The van der Waals surface area contributed by atoms with Crippen LogP contribution in [0.5, 0.6) is 34.5 Å². The molecule has 88 heavy (non-hydrogen) atoms. The van der Waals surface area contributed by atoms with E-state index in [2.05, 4.69) is 21.3 Å². The van der Waals surface area contributed by atoms with Crippen molar-refractivity contribution in [3.05, 3.63) is 163 Å². The molecule has 0 aliphatic heterocycles. The molecule has 0 atom stereocenters. The summed E-state index contributed by atoms with van der Waals surface area (Å²) < 4.78 is 34.3. The SMILES string of the molecule is CC(C)COc1cc(C(N)=O)ccc1NC(=O)c1ccc(NC(=O)c2ccc([N+](=O)[O-])c(OCCO)c2)c(OCC(C)C)c1.CCCOc1cc(C(N)=O)ccc1NC(=O)c1ccc(NC(=O)c2ccc([N+](=O)[O-])c(OCC(C)C)c2)c(OCC(C)C)c1. The van der Waals surface area contributed by atoms with Crippen LogP contribution in [0.4, 0.5) is 34.1 Å². The number of carbonyl (C=O) groups excluding carboxylic acids is 6. The van der Waals surface area contributed by atoms with Gasteiger partial charge < -0.3 is 66.3 Å². The third-order valence-corrected chi connectivity index (χ3v) is 11.9. The average molecular weight is 1220 g/mol. The standard InChI is InChI=1S/C32H38N4O8.C31H36N4O9/c1-6-13-42-27-14-21(30(33)37)7-10-24(27)34-31(38)22-8-11-25(28(15-22)43-17-19(2)3)35-32(39)23-9-12-26(36(40)41)29(16-23)44-18-20(4)5;1-18(2)16-43-26-13-20(29(32)37)5-8-23(26)33-30(38)21-6-9-24(27(14-21)44-17-19(3)4)34-31(39)22-7-10-25(35(40)41)28(15-22)42-12-11-36/h7-12,14-16,19-20H,6,13,17-18H2,1-5H3,(H2,33,37)(H,34,38)(H,35,39);5-10,13-15,18-19,36H,11-12,16-17H2,1-4H3,(H2,32,37)(H,33,38)(H,34,39). The van der Waals surface area contributed by atoms with E-state index in [4.69, 9.17) is 45.0 Å². The molecule has 0 fully saturated rings. The lowest BCUT2D eigenvalue weighted by Gasteiger charge is -2.17. The molecule has 6 rings (SSSR count). The topological polar surface area (TPSA) is 364 Å². The quantitative estimate of drug-likeness (QED) is 0.0163. The number of nitrogens with one attached hydrogen (secondary N) is 4. The van der Waals surface area contributed by atoms with Gasteiger partial charge in [-0.1, -0.05) is 62.3 Å². The minimum Gasteiger partial charge on any atom is -0.491 e. The van der Waals surface area contributed by atoms with Crippen molar-refractivity contribution in [2.75, 3.05) is 67.5 Å².